The van der Waals surface area contributed by atoms with Gasteiger partial charge in [-0.05, 0) is 24.3 Å². The van der Waals surface area contributed by atoms with Gasteiger partial charge in [-0.3, -0.25) is 4.79 Å². The SMILES string of the molecule is O=C1CCN(S(=O)(=O)c2cccc(C(F)(F)F)c2)C[C@@H]2C[C@@H](Oc3ccc(C(F)(F)F)cn3)CN12. The Labute approximate surface area is 196 Å². The first kappa shape index (κ1) is 25.2. The van der Waals surface area contributed by atoms with Crippen molar-refractivity contribution in [1.82, 2.24) is 14.2 Å². The summed E-state index contributed by atoms with van der Waals surface area (Å²) >= 11 is 0. The Bertz CT molecular complexity index is 1200. The summed E-state index contributed by atoms with van der Waals surface area (Å²) in [4.78, 5) is 17.1. The number of rotatable bonds is 4. The van der Waals surface area contributed by atoms with Crippen LogP contribution >= 0.6 is 0 Å². The number of hydrogen-bond acceptors (Lipinski definition) is 5. The smallest absolute Gasteiger partial charge is 0.417 e. The lowest BCUT2D eigenvalue weighted by atomic mass is 10.2. The van der Waals surface area contributed by atoms with Crippen molar-refractivity contribution in [3.63, 3.8) is 0 Å². The molecule has 0 radical (unpaired) electrons. The number of aromatic nitrogens is 1. The Morgan fingerprint density at radius 2 is 1.69 bits per heavy atom. The van der Waals surface area contributed by atoms with Gasteiger partial charge in [0.25, 0.3) is 0 Å². The van der Waals surface area contributed by atoms with Crippen LogP contribution in [0.15, 0.2) is 47.5 Å². The number of hydrogen-bond donors (Lipinski definition) is 0. The van der Waals surface area contributed by atoms with Gasteiger partial charge in [0, 0.05) is 44.2 Å². The van der Waals surface area contributed by atoms with Gasteiger partial charge in [0.05, 0.1) is 22.6 Å². The minimum absolute atomic E-state index is 0.0731. The van der Waals surface area contributed by atoms with Crippen LogP contribution in [0.5, 0.6) is 5.88 Å². The van der Waals surface area contributed by atoms with Crippen molar-refractivity contribution < 1.29 is 44.3 Å². The highest BCUT2D eigenvalue weighted by Gasteiger charge is 2.42. The highest BCUT2D eigenvalue weighted by molar-refractivity contribution is 7.89. The van der Waals surface area contributed by atoms with Crippen molar-refractivity contribution in [2.24, 2.45) is 0 Å². The van der Waals surface area contributed by atoms with Crippen LogP contribution in [0.2, 0.25) is 0 Å². The lowest BCUT2D eigenvalue weighted by Gasteiger charge is -2.25. The van der Waals surface area contributed by atoms with Gasteiger partial charge in [-0.15, -0.1) is 0 Å². The van der Waals surface area contributed by atoms with Crippen molar-refractivity contribution in [2.45, 2.75) is 42.2 Å². The van der Waals surface area contributed by atoms with E-state index in [1.807, 2.05) is 0 Å². The summed E-state index contributed by atoms with van der Waals surface area (Å²) in [6, 6.07) is 4.62. The van der Waals surface area contributed by atoms with Crippen LogP contribution < -0.4 is 4.74 Å². The number of alkyl halides is 6. The van der Waals surface area contributed by atoms with E-state index < -0.39 is 50.5 Å². The summed E-state index contributed by atoms with van der Waals surface area (Å²) in [6.07, 6.45) is -9.32. The normalized spacial score (nSPS) is 22.1. The molecular formula is C21H19F6N3O4S. The fourth-order valence-electron chi connectivity index (χ4n) is 4.12. The average molecular weight is 523 g/mol. The average Bonchev–Trinajstić information content (AvgIpc) is 3.10. The van der Waals surface area contributed by atoms with Crippen molar-refractivity contribution in [1.29, 1.82) is 0 Å². The van der Waals surface area contributed by atoms with Gasteiger partial charge in [0.2, 0.25) is 21.8 Å². The lowest BCUT2D eigenvalue weighted by Crippen LogP contribution is -2.40. The standard InChI is InChI=1S/C21H19F6N3O4S/c22-20(23,24)13-2-1-3-17(8-13)35(32,33)29-7-6-19(31)30-12-16(9-15(30)11-29)34-18-5-4-14(10-28-18)21(25,26)27/h1-5,8,10,15-16H,6-7,9,11-12H2/t15-,16+/m0/s1. The monoisotopic (exact) mass is 523 g/mol. The van der Waals surface area contributed by atoms with Crippen LogP contribution in [-0.2, 0) is 27.2 Å². The highest BCUT2D eigenvalue weighted by atomic mass is 32.2. The number of amides is 1. The Morgan fingerprint density at radius 3 is 2.31 bits per heavy atom. The molecule has 0 N–H and O–H groups in total. The molecule has 2 atom stereocenters. The van der Waals surface area contributed by atoms with E-state index in [1.54, 1.807) is 0 Å². The number of halogens is 6. The molecule has 14 heteroatoms. The molecule has 0 bridgehead atoms. The third-order valence-corrected chi connectivity index (χ3v) is 7.70. The molecule has 1 aromatic heterocycles. The fraction of sp³-hybridized carbons (Fsp3) is 0.429. The van der Waals surface area contributed by atoms with E-state index in [0.717, 1.165) is 34.6 Å². The first-order chi connectivity index (χ1) is 16.2. The molecule has 4 rings (SSSR count). The first-order valence-corrected chi connectivity index (χ1v) is 11.9. The molecule has 1 amide bonds. The molecular weight excluding hydrogens is 504 g/mol. The van der Waals surface area contributed by atoms with E-state index in [1.165, 1.54) is 4.90 Å². The van der Waals surface area contributed by atoms with Gasteiger partial charge in [-0.2, -0.15) is 30.6 Å². The summed E-state index contributed by atoms with van der Waals surface area (Å²) in [5.41, 5.74) is -2.06. The van der Waals surface area contributed by atoms with Crippen LogP contribution in [-0.4, -0.2) is 60.3 Å². The Morgan fingerprint density at radius 1 is 0.971 bits per heavy atom. The number of carbonyl (C=O) groups is 1. The minimum Gasteiger partial charge on any atom is -0.472 e. The van der Waals surface area contributed by atoms with E-state index in [4.69, 9.17) is 4.74 Å². The third kappa shape index (κ3) is 5.37. The van der Waals surface area contributed by atoms with Gasteiger partial charge < -0.3 is 9.64 Å². The van der Waals surface area contributed by atoms with E-state index in [0.29, 0.717) is 12.3 Å². The second-order valence-electron chi connectivity index (χ2n) is 8.20. The molecule has 7 nitrogen and oxygen atoms in total. The molecule has 0 unspecified atom stereocenters. The predicted octanol–water partition coefficient (Wildman–Crippen LogP) is 3.56. The number of sulfonamides is 1. The van der Waals surface area contributed by atoms with Crippen LogP contribution in [0.25, 0.3) is 0 Å². The molecule has 0 aliphatic carbocycles. The number of benzene rings is 1. The summed E-state index contributed by atoms with van der Waals surface area (Å²) in [5, 5.41) is 0. The largest absolute Gasteiger partial charge is 0.472 e. The molecule has 3 heterocycles. The highest BCUT2D eigenvalue weighted by Crippen LogP contribution is 2.33. The fourth-order valence-corrected chi connectivity index (χ4v) is 5.64. The van der Waals surface area contributed by atoms with E-state index >= 15 is 0 Å². The number of nitrogens with zero attached hydrogens (tertiary/aromatic N) is 3. The molecule has 1 aromatic carbocycles. The number of pyridine rings is 1. The molecule has 2 aliphatic rings. The van der Waals surface area contributed by atoms with Crippen molar-refractivity contribution in [3.05, 3.63) is 53.7 Å². The van der Waals surface area contributed by atoms with Gasteiger partial charge in [-0.25, -0.2) is 13.4 Å². The van der Waals surface area contributed by atoms with Crippen LogP contribution in [0, 0.1) is 0 Å². The number of fused-ring (bicyclic) bond motifs is 1. The minimum atomic E-state index is -4.72. The molecule has 190 valence electrons. The van der Waals surface area contributed by atoms with E-state index in [2.05, 4.69) is 4.98 Å². The molecule has 2 aliphatic heterocycles. The second-order valence-corrected chi connectivity index (χ2v) is 10.1. The lowest BCUT2D eigenvalue weighted by molar-refractivity contribution is -0.138. The summed E-state index contributed by atoms with van der Waals surface area (Å²) in [5.74, 6) is -0.440. The second kappa shape index (κ2) is 8.97. The zero-order valence-electron chi connectivity index (χ0n) is 17.9. The third-order valence-electron chi connectivity index (χ3n) is 5.84. The maximum Gasteiger partial charge on any atom is 0.417 e. The maximum atomic E-state index is 13.1. The predicted molar refractivity (Wildman–Crippen MR) is 109 cm³/mol. The van der Waals surface area contributed by atoms with E-state index in [-0.39, 0.29) is 44.3 Å². The Kier molecular flexibility index (Phi) is 6.47. The Hall–Kier alpha value is -2.87. The van der Waals surface area contributed by atoms with Gasteiger partial charge >= 0.3 is 12.4 Å². The number of carbonyl (C=O) groups excluding carboxylic acids is 1. The van der Waals surface area contributed by atoms with Crippen molar-refractivity contribution in [2.75, 3.05) is 19.6 Å². The molecule has 35 heavy (non-hydrogen) atoms. The maximum absolute atomic E-state index is 13.1. The first-order valence-electron chi connectivity index (χ1n) is 10.4. The summed E-state index contributed by atoms with van der Waals surface area (Å²) < 4.78 is 110. The summed E-state index contributed by atoms with van der Waals surface area (Å²) in [7, 11) is -4.33. The van der Waals surface area contributed by atoms with Crippen molar-refractivity contribution >= 4 is 15.9 Å². The van der Waals surface area contributed by atoms with E-state index in [9.17, 15) is 39.6 Å². The van der Waals surface area contributed by atoms with Gasteiger partial charge in [0.15, 0.2) is 0 Å². The van der Waals surface area contributed by atoms with Gasteiger partial charge in [-0.1, -0.05) is 6.07 Å². The summed E-state index contributed by atoms with van der Waals surface area (Å²) in [6.45, 7) is -0.287. The molecule has 2 fully saturated rings. The van der Waals surface area contributed by atoms with Crippen molar-refractivity contribution in [3.8, 4) is 5.88 Å². The number of ether oxygens (including phenoxy) is 1. The van der Waals surface area contributed by atoms with Gasteiger partial charge in [0.1, 0.15) is 6.10 Å². The molecule has 0 saturated carbocycles. The molecule has 0 spiro atoms. The quantitative estimate of drug-likeness (QED) is 0.573. The molecule has 2 saturated heterocycles. The zero-order valence-corrected chi connectivity index (χ0v) is 18.7. The van der Waals surface area contributed by atoms with Crippen LogP contribution in [0.3, 0.4) is 0 Å². The zero-order chi connectivity index (χ0) is 25.6. The Balaban J connectivity index is 1.49. The van der Waals surface area contributed by atoms with Crippen LogP contribution in [0.1, 0.15) is 24.0 Å². The van der Waals surface area contributed by atoms with Crippen LogP contribution in [0.4, 0.5) is 26.3 Å². The molecule has 2 aromatic rings. The topological polar surface area (TPSA) is 79.8 Å².